The molecule has 7 heteroatoms. The van der Waals surface area contributed by atoms with E-state index in [0.717, 1.165) is 73.7 Å². The Morgan fingerprint density at radius 3 is 2.94 bits per heavy atom. The van der Waals surface area contributed by atoms with Crippen LogP contribution in [0.4, 0.5) is 0 Å². The average molecular weight is 449 g/mol. The fourth-order valence-corrected chi connectivity index (χ4v) is 5.33. The van der Waals surface area contributed by atoms with Crippen molar-refractivity contribution in [3.8, 4) is 5.75 Å². The second kappa shape index (κ2) is 9.51. The summed E-state index contributed by atoms with van der Waals surface area (Å²) >= 11 is 0. The van der Waals surface area contributed by atoms with Gasteiger partial charge in [-0.15, -0.1) is 0 Å². The summed E-state index contributed by atoms with van der Waals surface area (Å²) < 4.78 is 5.48. The Kier molecular flexibility index (Phi) is 6.31. The number of aromatic amines is 1. The third kappa shape index (κ3) is 4.74. The van der Waals surface area contributed by atoms with Gasteiger partial charge in [0.05, 0.1) is 18.4 Å². The molecule has 3 aliphatic rings. The van der Waals surface area contributed by atoms with Crippen LogP contribution in [0.2, 0.25) is 0 Å². The number of hydrogen-bond acceptors (Lipinski definition) is 5. The van der Waals surface area contributed by atoms with Crippen molar-refractivity contribution in [1.82, 2.24) is 19.8 Å². The summed E-state index contributed by atoms with van der Waals surface area (Å²) in [5, 5.41) is 0. The van der Waals surface area contributed by atoms with E-state index in [2.05, 4.69) is 28.1 Å². The Morgan fingerprint density at radius 2 is 2.12 bits per heavy atom. The van der Waals surface area contributed by atoms with Gasteiger partial charge in [-0.25, -0.2) is 4.98 Å². The predicted molar refractivity (Wildman–Crippen MR) is 126 cm³/mol. The van der Waals surface area contributed by atoms with Crippen LogP contribution >= 0.6 is 0 Å². The van der Waals surface area contributed by atoms with Crippen molar-refractivity contribution < 1.29 is 9.53 Å². The Labute approximate surface area is 194 Å². The van der Waals surface area contributed by atoms with Crippen LogP contribution < -0.4 is 10.3 Å². The number of ether oxygens (including phenoxy) is 1. The molecule has 1 N–H and O–H groups in total. The van der Waals surface area contributed by atoms with Crippen LogP contribution in [-0.4, -0.2) is 52.4 Å². The maximum Gasteiger partial charge on any atom is 0.255 e. The zero-order valence-electron chi connectivity index (χ0n) is 19.3. The molecule has 1 aromatic carbocycles. The molecule has 0 unspecified atom stereocenters. The summed E-state index contributed by atoms with van der Waals surface area (Å²) in [5.41, 5.74) is 2.75. The molecule has 0 spiro atoms. The lowest BCUT2D eigenvalue weighted by molar-refractivity contribution is -0.130. The monoisotopic (exact) mass is 448 g/mol. The minimum atomic E-state index is -0.0411. The zero-order valence-corrected chi connectivity index (χ0v) is 19.3. The van der Waals surface area contributed by atoms with Crippen molar-refractivity contribution in [1.29, 1.82) is 0 Å². The Morgan fingerprint density at radius 1 is 1.24 bits per heavy atom. The second-order valence-electron chi connectivity index (χ2n) is 9.44. The third-order valence-electron chi connectivity index (χ3n) is 7.23. The minimum absolute atomic E-state index is 0.0411. The number of hydrogen-bond donors (Lipinski definition) is 1. The number of para-hydroxylation sites is 1. The van der Waals surface area contributed by atoms with Crippen LogP contribution in [0.1, 0.15) is 54.2 Å². The van der Waals surface area contributed by atoms with Crippen LogP contribution in [0.5, 0.6) is 5.75 Å². The van der Waals surface area contributed by atoms with Gasteiger partial charge in [0.15, 0.2) is 0 Å². The van der Waals surface area contributed by atoms with Crippen molar-refractivity contribution in [3.63, 3.8) is 0 Å². The van der Waals surface area contributed by atoms with E-state index in [1.165, 1.54) is 0 Å². The number of aromatic nitrogens is 2. The highest BCUT2D eigenvalue weighted by Crippen LogP contribution is 2.29. The number of carbonyl (C=O) groups excluding carboxylic acids is 1. The number of fused-ring (bicyclic) bond motifs is 1. The van der Waals surface area contributed by atoms with Crippen molar-refractivity contribution in [2.75, 3.05) is 26.7 Å². The molecule has 1 amide bonds. The van der Waals surface area contributed by atoms with Gasteiger partial charge in [0.2, 0.25) is 5.91 Å². The van der Waals surface area contributed by atoms with Crippen LogP contribution in [0, 0.1) is 5.92 Å². The lowest BCUT2D eigenvalue weighted by atomic mass is 10.0. The number of benzene rings is 1. The fraction of sp³-hybridized carbons (Fsp3) is 0.500. The Hall–Kier alpha value is -2.93. The lowest BCUT2D eigenvalue weighted by Crippen LogP contribution is -2.36. The number of nitrogens with zero attached hydrogens (tertiary/aromatic N) is 3. The summed E-state index contributed by atoms with van der Waals surface area (Å²) in [4.78, 5) is 37.8. The molecule has 1 aliphatic carbocycles. The molecule has 1 fully saturated rings. The summed E-state index contributed by atoms with van der Waals surface area (Å²) in [6, 6.07) is 8.01. The molecular formula is C26H32N4O3. The molecule has 1 saturated heterocycles. The Balaban J connectivity index is 1.24. The molecular weight excluding hydrogens is 416 g/mol. The molecule has 2 atom stereocenters. The quantitative estimate of drug-likeness (QED) is 0.688. The van der Waals surface area contributed by atoms with E-state index >= 15 is 0 Å². The smallest absolute Gasteiger partial charge is 0.255 e. The van der Waals surface area contributed by atoms with Crippen LogP contribution in [0.15, 0.2) is 41.2 Å². The maximum absolute atomic E-state index is 13.0. The average Bonchev–Trinajstić information content (AvgIpc) is 3.52. The molecule has 33 heavy (non-hydrogen) atoms. The van der Waals surface area contributed by atoms with Crippen molar-refractivity contribution in [2.45, 2.75) is 51.1 Å². The number of likely N-dealkylation sites (tertiary alicyclic amines) is 1. The highest BCUT2D eigenvalue weighted by molar-refractivity contribution is 5.77. The van der Waals surface area contributed by atoms with E-state index in [-0.39, 0.29) is 17.4 Å². The molecule has 1 aromatic heterocycles. The van der Waals surface area contributed by atoms with Gasteiger partial charge in [-0.1, -0.05) is 30.4 Å². The van der Waals surface area contributed by atoms with Crippen molar-refractivity contribution >= 4 is 5.91 Å². The van der Waals surface area contributed by atoms with Crippen LogP contribution in [-0.2, 0) is 24.3 Å². The van der Waals surface area contributed by atoms with Gasteiger partial charge in [-0.2, -0.15) is 0 Å². The van der Waals surface area contributed by atoms with E-state index < -0.39 is 0 Å². The predicted octanol–water partition coefficient (Wildman–Crippen LogP) is 3.01. The number of allylic oxidation sites excluding steroid dienone is 2. The largest absolute Gasteiger partial charge is 0.496 e. The molecule has 3 heterocycles. The van der Waals surface area contributed by atoms with Crippen molar-refractivity contribution in [2.24, 2.45) is 5.92 Å². The molecule has 0 saturated carbocycles. The van der Waals surface area contributed by atoms with Crippen LogP contribution in [0.25, 0.3) is 0 Å². The summed E-state index contributed by atoms with van der Waals surface area (Å²) in [7, 11) is 1.68. The number of H-pyrrole nitrogens is 1. The van der Waals surface area contributed by atoms with E-state index in [1.807, 2.05) is 23.1 Å². The van der Waals surface area contributed by atoms with Gasteiger partial charge < -0.3 is 14.6 Å². The topological polar surface area (TPSA) is 78.5 Å². The molecule has 174 valence electrons. The zero-order chi connectivity index (χ0) is 22.8. The first-order chi connectivity index (χ1) is 16.1. The third-order valence-corrected chi connectivity index (χ3v) is 7.23. The van der Waals surface area contributed by atoms with Gasteiger partial charge in [-0.05, 0) is 31.2 Å². The van der Waals surface area contributed by atoms with Gasteiger partial charge in [0.1, 0.15) is 11.6 Å². The number of methoxy groups -OCH3 is 1. The number of nitrogens with one attached hydrogen (secondary N) is 1. The van der Waals surface area contributed by atoms with E-state index in [9.17, 15) is 9.59 Å². The molecule has 5 rings (SSSR count). The lowest BCUT2D eigenvalue weighted by Gasteiger charge is -2.28. The van der Waals surface area contributed by atoms with Crippen molar-refractivity contribution in [3.05, 3.63) is 69.4 Å². The molecule has 2 aliphatic heterocycles. The number of carbonyl (C=O) groups is 1. The highest BCUT2D eigenvalue weighted by Gasteiger charge is 2.31. The normalized spacial score (nSPS) is 22.5. The van der Waals surface area contributed by atoms with Gasteiger partial charge >= 0.3 is 0 Å². The van der Waals surface area contributed by atoms with Gasteiger partial charge in [-0.3, -0.25) is 14.5 Å². The highest BCUT2D eigenvalue weighted by atomic mass is 16.5. The number of rotatable bonds is 6. The number of amides is 1. The van der Waals surface area contributed by atoms with Gasteiger partial charge in [0.25, 0.3) is 5.56 Å². The van der Waals surface area contributed by atoms with Crippen LogP contribution in [0.3, 0.4) is 0 Å². The van der Waals surface area contributed by atoms with Gasteiger partial charge in [0, 0.05) is 57.0 Å². The first-order valence-electron chi connectivity index (χ1n) is 12.0. The standard InChI is InChI=1S/C26H32N4O3/c1-33-23-9-5-4-8-19(23)15-29-12-11-22-21(17-29)26(32)28-25(27-22)20-10-13-30(16-20)24(31)14-18-6-2-3-7-18/h2,4-6,8-9,18,20H,3,7,10-17H2,1H3,(H,27,28,32)/t18-,20-/m1/s1. The first kappa shape index (κ1) is 21.9. The van der Waals surface area contributed by atoms with E-state index in [1.54, 1.807) is 7.11 Å². The summed E-state index contributed by atoms with van der Waals surface area (Å²) in [6.07, 6.45) is 8.71. The van der Waals surface area contributed by atoms with E-state index in [4.69, 9.17) is 9.72 Å². The SMILES string of the molecule is COc1ccccc1CN1CCc2nc([C@@H]3CCN(C(=O)C[C@@H]4C=CCC4)C3)[nH]c(=O)c2C1. The molecule has 0 bridgehead atoms. The van der Waals surface area contributed by atoms with E-state index in [0.29, 0.717) is 25.4 Å². The first-order valence-corrected chi connectivity index (χ1v) is 12.0. The summed E-state index contributed by atoms with van der Waals surface area (Å²) in [5.74, 6) is 2.33. The fourth-order valence-electron chi connectivity index (χ4n) is 5.33. The minimum Gasteiger partial charge on any atom is -0.496 e. The summed E-state index contributed by atoms with van der Waals surface area (Å²) in [6.45, 7) is 3.57. The maximum atomic E-state index is 13.0. The molecule has 7 nitrogen and oxygen atoms in total. The second-order valence-corrected chi connectivity index (χ2v) is 9.44. The molecule has 2 aromatic rings. The Bertz CT molecular complexity index is 1110. The molecule has 0 radical (unpaired) electrons.